The number of rotatable bonds is 13. The van der Waals surface area contributed by atoms with Gasteiger partial charge in [0.1, 0.15) is 5.75 Å². The molecule has 0 fully saturated rings. The molecule has 162 valence electrons. The average Bonchev–Trinajstić information content (AvgIpc) is 2.72. The molecular formula is C24H36O5. The number of carbonyl (C=O) groups is 1. The van der Waals surface area contributed by atoms with Crippen LogP contribution in [0.4, 0.5) is 0 Å². The van der Waals surface area contributed by atoms with E-state index in [9.17, 15) is 4.79 Å². The van der Waals surface area contributed by atoms with E-state index in [0.717, 1.165) is 11.3 Å². The van der Waals surface area contributed by atoms with Gasteiger partial charge in [0.25, 0.3) is 0 Å². The van der Waals surface area contributed by atoms with E-state index in [1.54, 1.807) is 21.1 Å². The number of esters is 1. The van der Waals surface area contributed by atoms with Crippen molar-refractivity contribution in [2.24, 2.45) is 11.3 Å². The fourth-order valence-electron chi connectivity index (χ4n) is 2.97. The highest BCUT2D eigenvalue weighted by Crippen LogP contribution is 2.32. The van der Waals surface area contributed by atoms with Crippen molar-refractivity contribution in [3.63, 3.8) is 0 Å². The molecule has 0 aliphatic carbocycles. The summed E-state index contributed by atoms with van der Waals surface area (Å²) in [5.74, 6) is 0.636. The highest BCUT2D eigenvalue weighted by atomic mass is 16.5. The number of ether oxygens (including phenoxy) is 4. The third-order valence-corrected chi connectivity index (χ3v) is 5.08. The van der Waals surface area contributed by atoms with Gasteiger partial charge in [-0.3, -0.25) is 0 Å². The Morgan fingerprint density at radius 3 is 2.38 bits per heavy atom. The molecule has 0 unspecified atom stereocenters. The summed E-state index contributed by atoms with van der Waals surface area (Å²) in [5, 5.41) is 0. The fourth-order valence-corrected chi connectivity index (χ4v) is 2.97. The molecule has 29 heavy (non-hydrogen) atoms. The molecule has 0 saturated heterocycles. The Morgan fingerprint density at radius 1 is 1.21 bits per heavy atom. The Morgan fingerprint density at radius 2 is 1.86 bits per heavy atom. The van der Waals surface area contributed by atoms with Gasteiger partial charge in [-0.05, 0) is 24.6 Å². The first-order valence-electron chi connectivity index (χ1n) is 10.0. The second-order valence-corrected chi connectivity index (χ2v) is 7.66. The zero-order chi connectivity index (χ0) is 21.9. The molecule has 0 radical (unpaired) electrons. The molecule has 5 nitrogen and oxygen atoms in total. The Hall–Kier alpha value is -2.11. The number of hydrogen-bond acceptors (Lipinski definition) is 5. The number of benzene rings is 1. The van der Waals surface area contributed by atoms with E-state index in [2.05, 4.69) is 13.5 Å². The van der Waals surface area contributed by atoms with Gasteiger partial charge in [-0.15, -0.1) is 6.58 Å². The predicted molar refractivity (Wildman–Crippen MR) is 116 cm³/mol. The minimum Gasteiger partial charge on any atom is -0.497 e. The van der Waals surface area contributed by atoms with Crippen molar-refractivity contribution in [1.29, 1.82) is 0 Å². The van der Waals surface area contributed by atoms with Crippen molar-refractivity contribution < 1.29 is 23.7 Å². The monoisotopic (exact) mass is 404 g/mol. The zero-order valence-corrected chi connectivity index (χ0v) is 18.6. The third-order valence-electron chi connectivity index (χ3n) is 5.08. The molecule has 0 aliphatic rings. The molecule has 3 atom stereocenters. The van der Waals surface area contributed by atoms with Crippen molar-refractivity contribution in [2.75, 3.05) is 20.8 Å². The molecule has 0 aliphatic heterocycles. The minimum absolute atomic E-state index is 0.0383. The topological polar surface area (TPSA) is 54.0 Å². The van der Waals surface area contributed by atoms with Crippen LogP contribution in [0.1, 0.15) is 39.7 Å². The number of carbonyl (C=O) groups excluding carboxylic acids is 1. The molecule has 1 aromatic carbocycles. The summed E-state index contributed by atoms with van der Waals surface area (Å²) in [6, 6.07) is 7.80. The predicted octanol–water partition coefficient (Wildman–Crippen LogP) is 4.95. The third kappa shape index (κ3) is 8.42. The molecule has 0 aromatic heterocycles. The lowest BCUT2D eigenvalue weighted by Gasteiger charge is -2.35. The molecule has 0 saturated carbocycles. The van der Waals surface area contributed by atoms with Gasteiger partial charge >= 0.3 is 5.97 Å². The van der Waals surface area contributed by atoms with Gasteiger partial charge in [-0.2, -0.15) is 0 Å². The van der Waals surface area contributed by atoms with Crippen LogP contribution in [0, 0.1) is 11.3 Å². The van der Waals surface area contributed by atoms with Crippen LogP contribution in [0.15, 0.2) is 49.1 Å². The smallest absolute Gasteiger partial charge is 0.330 e. The maximum absolute atomic E-state index is 11.8. The standard InChI is InChI=1S/C24H36O5/c1-8-18(3)21(27-7)16-22(24(4,5)15-14-23(25)28-9-2)29-17-19-10-12-20(26-6)13-11-19/h8,10-15,18,21-22H,1,9,16-17H2,2-7H3/b15-14+/t18-,21-,22-/m0/s1. The van der Waals surface area contributed by atoms with E-state index in [1.807, 2.05) is 50.3 Å². The molecule has 1 aromatic rings. The average molecular weight is 405 g/mol. The van der Waals surface area contributed by atoms with E-state index in [0.29, 0.717) is 19.6 Å². The Balaban J connectivity index is 2.98. The van der Waals surface area contributed by atoms with Gasteiger partial charge in [-0.25, -0.2) is 4.79 Å². The first kappa shape index (κ1) is 24.9. The van der Waals surface area contributed by atoms with E-state index in [-0.39, 0.29) is 24.1 Å². The summed E-state index contributed by atoms with van der Waals surface area (Å²) in [6.07, 6.45) is 5.67. The van der Waals surface area contributed by atoms with Gasteiger partial charge in [0.05, 0.1) is 32.5 Å². The molecule has 0 bridgehead atoms. The van der Waals surface area contributed by atoms with Crippen LogP contribution in [0.5, 0.6) is 5.75 Å². The minimum atomic E-state index is -0.406. The van der Waals surface area contributed by atoms with E-state index < -0.39 is 5.41 Å². The first-order valence-corrected chi connectivity index (χ1v) is 10.0. The fraction of sp³-hybridized carbons (Fsp3) is 0.542. The van der Waals surface area contributed by atoms with Crippen molar-refractivity contribution in [3.8, 4) is 5.75 Å². The van der Waals surface area contributed by atoms with Crippen molar-refractivity contribution in [1.82, 2.24) is 0 Å². The Kier molecular flexibility index (Phi) is 10.7. The molecule has 0 N–H and O–H groups in total. The van der Waals surface area contributed by atoms with Crippen molar-refractivity contribution >= 4 is 5.97 Å². The van der Waals surface area contributed by atoms with Crippen LogP contribution in [0.25, 0.3) is 0 Å². The Labute approximate surface area is 175 Å². The van der Waals surface area contributed by atoms with Crippen LogP contribution in [-0.2, 0) is 25.6 Å². The summed E-state index contributed by atoms with van der Waals surface area (Å²) >= 11 is 0. The van der Waals surface area contributed by atoms with Gasteiger partial charge in [-0.1, -0.05) is 45.1 Å². The summed E-state index contributed by atoms with van der Waals surface area (Å²) in [5.41, 5.74) is 0.642. The molecule has 0 amide bonds. The summed E-state index contributed by atoms with van der Waals surface area (Å²) < 4.78 is 22.2. The maximum atomic E-state index is 11.8. The molecule has 1 rings (SSSR count). The zero-order valence-electron chi connectivity index (χ0n) is 18.6. The summed E-state index contributed by atoms with van der Waals surface area (Å²) in [7, 11) is 3.35. The van der Waals surface area contributed by atoms with E-state index >= 15 is 0 Å². The van der Waals surface area contributed by atoms with Crippen molar-refractivity contribution in [3.05, 3.63) is 54.6 Å². The molecule has 0 heterocycles. The second kappa shape index (κ2) is 12.5. The lowest BCUT2D eigenvalue weighted by Crippen LogP contribution is -2.36. The van der Waals surface area contributed by atoms with Crippen LogP contribution in [0.2, 0.25) is 0 Å². The van der Waals surface area contributed by atoms with Crippen LogP contribution < -0.4 is 4.74 Å². The lowest BCUT2D eigenvalue weighted by atomic mass is 9.81. The molecule has 0 spiro atoms. The molecule has 5 heteroatoms. The first-order chi connectivity index (χ1) is 13.8. The van der Waals surface area contributed by atoms with Crippen LogP contribution in [-0.4, -0.2) is 39.0 Å². The van der Waals surface area contributed by atoms with E-state index in [4.69, 9.17) is 18.9 Å². The van der Waals surface area contributed by atoms with Gasteiger partial charge < -0.3 is 18.9 Å². The normalized spacial score (nSPS) is 15.0. The van der Waals surface area contributed by atoms with E-state index in [1.165, 1.54) is 6.08 Å². The second-order valence-electron chi connectivity index (χ2n) is 7.66. The highest BCUT2D eigenvalue weighted by molar-refractivity contribution is 5.82. The summed E-state index contributed by atoms with van der Waals surface area (Å²) in [4.78, 5) is 11.8. The lowest BCUT2D eigenvalue weighted by molar-refractivity contribution is -0.137. The quantitative estimate of drug-likeness (QED) is 0.264. The largest absolute Gasteiger partial charge is 0.497 e. The van der Waals surface area contributed by atoms with Crippen molar-refractivity contribution in [2.45, 2.75) is 52.9 Å². The molecular weight excluding hydrogens is 368 g/mol. The van der Waals surface area contributed by atoms with Crippen LogP contribution >= 0.6 is 0 Å². The van der Waals surface area contributed by atoms with Gasteiger partial charge in [0, 0.05) is 30.9 Å². The maximum Gasteiger partial charge on any atom is 0.330 e. The number of methoxy groups -OCH3 is 2. The van der Waals surface area contributed by atoms with Gasteiger partial charge in [0.15, 0.2) is 0 Å². The number of hydrogen-bond donors (Lipinski definition) is 0. The highest BCUT2D eigenvalue weighted by Gasteiger charge is 2.32. The Bertz CT molecular complexity index is 648. The van der Waals surface area contributed by atoms with Gasteiger partial charge in [0.2, 0.25) is 0 Å². The van der Waals surface area contributed by atoms with Crippen LogP contribution in [0.3, 0.4) is 0 Å². The SMILES string of the molecule is C=C[C@H](C)[C@H](C[C@H](OCc1ccc(OC)cc1)C(C)(C)/C=C/C(=O)OCC)OC. The summed E-state index contributed by atoms with van der Waals surface area (Å²) in [6.45, 7) is 12.6.